The van der Waals surface area contributed by atoms with E-state index < -0.39 is 11.9 Å². The lowest BCUT2D eigenvalue weighted by atomic mass is 9.97. The molecule has 0 heterocycles. The van der Waals surface area contributed by atoms with Crippen molar-refractivity contribution < 1.29 is 23.9 Å². The summed E-state index contributed by atoms with van der Waals surface area (Å²) in [6, 6.07) is 2.92. The van der Waals surface area contributed by atoms with E-state index in [4.69, 9.17) is 32.7 Å². The molecule has 0 unspecified atom stereocenters. The van der Waals surface area contributed by atoms with Crippen molar-refractivity contribution in [2.24, 2.45) is 5.92 Å². The van der Waals surface area contributed by atoms with Gasteiger partial charge in [-0.1, -0.05) is 30.1 Å². The van der Waals surface area contributed by atoms with Gasteiger partial charge in [-0.2, -0.15) is 0 Å². The number of Topliss-reactive ketones (excluding diaryl/α,β-unsaturated/α-hetero) is 2. The monoisotopic (exact) mass is 441 g/mol. The number of amides is 1. The lowest BCUT2D eigenvalue weighted by Gasteiger charge is -2.24. The molecule has 29 heavy (non-hydrogen) atoms. The lowest BCUT2D eigenvalue weighted by molar-refractivity contribution is -0.116. The number of halogens is 2. The van der Waals surface area contributed by atoms with Crippen molar-refractivity contribution in [3.63, 3.8) is 0 Å². The molecule has 0 N–H and O–H groups in total. The summed E-state index contributed by atoms with van der Waals surface area (Å²) in [7, 11) is 0. The molecule has 1 aliphatic carbocycles. The van der Waals surface area contributed by atoms with Crippen LogP contribution in [0.4, 0.5) is 10.5 Å². The minimum absolute atomic E-state index is 0.0439. The maximum atomic E-state index is 13.3. The number of allylic oxidation sites excluding steroid dienone is 1. The maximum absolute atomic E-state index is 13.3. The van der Waals surface area contributed by atoms with Gasteiger partial charge >= 0.3 is 6.09 Å². The summed E-state index contributed by atoms with van der Waals surface area (Å²) in [5.41, 5.74) is 0.153. The second kappa shape index (κ2) is 10.6. The fourth-order valence-corrected chi connectivity index (χ4v) is 3.15. The Balaban J connectivity index is 2.53. The van der Waals surface area contributed by atoms with Gasteiger partial charge in [0.1, 0.15) is 5.57 Å². The highest BCUT2D eigenvalue weighted by molar-refractivity contribution is 6.45. The Morgan fingerprint density at radius 3 is 2.41 bits per heavy atom. The molecule has 0 radical (unpaired) electrons. The van der Waals surface area contributed by atoms with Gasteiger partial charge in [-0.25, -0.2) is 4.79 Å². The minimum atomic E-state index is -0.642. The first-order valence-corrected chi connectivity index (χ1v) is 10.5. The van der Waals surface area contributed by atoms with E-state index >= 15 is 0 Å². The average Bonchev–Trinajstić information content (AvgIpc) is 3.55. The summed E-state index contributed by atoms with van der Waals surface area (Å²) in [5, 5.41) is 0.228. The smallest absolute Gasteiger partial charge is 0.414 e. The molecule has 0 aromatic heterocycles. The summed E-state index contributed by atoms with van der Waals surface area (Å²) in [4.78, 5) is 39.8. The number of ketones is 2. The molecule has 1 aromatic carbocycles. The largest absolute Gasteiger partial charge is 0.501 e. The van der Waals surface area contributed by atoms with Gasteiger partial charge in [0.05, 0.1) is 35.2 Å². The highest BCUT2D eigenvalue weighted by atomic mass is 35.5. The van der Waals surface area contributed by atoms with Crippen molar-refractivity contribution in [1.82, 2.24) is 0 Å². The number of nitrogens with zero attached hydrogens (tertiary/aromatic N) is 1. The molecule has 1 aromatic rings. The van der Waals surface area contributed by atoms with Crippen molar-refractivity contribution in [2.45, 2.75) is 40.0 Å². The standard InChI is InChI=1S/C21H25Cl2NO5/c1-4-11-29-21(27)24(5-2)18-14(9-10-16(22)17(18)23)20(26)15(12-28-6-3)19(25)13-7-8-13/h9-10,12-13H,4-8,11H2,1-3H3/b15-12-. The summed E-state index contributed by atoms with van der Waals surface area (Å²) in [6.07, 6.45) is 2.69. The van der Waals surface area contributed by atoms with Gasteiger partial charge in [0, 0.05) is 18.0 Å². The van der Waals surface area contributed by atoms with E-state index in [1.54, 1.807) is 13.8 Å². The third-order valence-electron chi connectivity index (χ3n) is 4.38. The second-order valence-corrected chi connectivity index (χ2v) is 7.36. The number of rotatable bonds is 10. The molecule has 0 bridgehead atoms. The SMILES string of the molecule is CCCOC(=O)N(CC)c1c(C(=O)/C(=C\OCC)C(=O)C2CC2)ccc(Cl)c1Cl. The summed E-state index contributed by atoms with van der Waals surface area (Å²) in [6.45, 7) is 6.10. The number of carbonyl (C=O) groups is 3. The van der Waals surface area contributed by atoms with Crippen LogP contribution < -0.4 is 4.90 Å². The van der Waals surface area contributed by atoms with Gasteiger partial charge in [-0.3, -0.25) is 14.5 Å². The topological polar surface area (TPSA) is 72.9 Å². The number of ether oxygens (including phenoxy) is 2. The average molecular weight is 442 g/mol. The summed E-state index contributed by atoms with van der Waals surface area (Å²) < 4.78 is 10.5. The van der Waals surface area contributed by atoms with Crippen molar-refractivity contribution in [2.75, 3.05) is 24.7 Å². The van der Waals surface area contributed by atoms with Crippen LogP contribution in [-0.2, 0) is 14.3 Å². The summed E-state index contributed by atoms with van der Waals surface area (Å²) >= 11 is 12.5. The zero-order valence-electron chi connectivity index (χ0n) is 16.8. The molecule has 8 heteroatoms. The van der Waals surface area contributed by atoms with E-state index in [2.05, 4.69) is 0 Å². The fourth-order valence-electron chi connectivity index (χ4n) is 2.73. The Morgan fingerprint density at radius 1 is 1.17 bits per heavy atom. The van der Waals surface area contributed by atoms with Gasteiger partial charge < -0.3 is 9.47 Å². The third-order valence-corrected chi connectivity index (χ3v) is 5.17. The molecular formula is C21H25Cl2NO5. The van der Waals surface area contributed by atoms with Crippen molar-refractivity contribution >= 4 is 46.5 Å². The van der Waals surface area contributed by atoms with Crippen LogP contribution in [0.1, 0.15) is 50.4 Å². The van der Waals surface area contributed by atoms with Gasteiger partial charge in [-0.15, -0.1) is 0 Å². The Morgan fingerprint density at radius 2 is 1.86 bits per heavy atom. The van der Waals surface area contributed by atoms with E-state index in [1.165, 1.54) is 23.3 Å². The zero-order chi connectivity index (χ0) is 21.6. The van der Waals surface area contributed by atoms with Crippen molar-refractivity contribution in [1.29, 1.82) is 0 Å². The quantitative estimate of drug-likeness (QED) is 0.158. The first-order chi connectivity index (χ1) is 13.9. The molecule has 6 nitrogen and oxygen atoms in total. The van der Waals surface area contributed by atoms with Gasteiger partial charge in [0.15, 0.2) is 5.78 Å². The van der Waals surface area contributed by atoms with E-state index in [0.29, 0.717) is 13.0 Å². The first kappa shape index (κ1) is 23.2. The Bertz CT molecular complexity index is 818. The number of hydrogen-bond donors (Lipinski definition) is 0. The van der Waals surface area contributed by atoms with Crippen LogP contribution >= 0.6 is 23.2 Å². The summed E-state index contributed by atoms with van der Waals surface area (Å²) in [5.74, 6) is -1.00. The van der Waals surface area contributed by atoms with Crippen LogP contribution in [0.25, 0.3) is 0 Å². The molecule has 1 amide bonds. The van der Waals surface area contributed by atoms with Crippen molar-refractivity contribution in [3.8, 4) is 0 Å². The Hall–Kier alpha value is -2.05. The van der Waals surface area contributed by atoms with Gasteiger partial charge in [0.2, 0.25) is 5.78 Å². The highest BCUT2D eigenvalue weighted by Crippen LogP contribution is 2.39. The van der Waals surface area contributed by atoms with Crippen LogP contribution in [0.15, 0.2) is 24.0 Å². The van der Waals surface area contributed by atoms with E-state index in [0.717, 1.165) is 12.8 Å². The maximum Gasteiger partial charge on any atom is 0.414 e. The molecule has 0 saturated heterocycles. The predicted molar refractivity (Wildman–Crippen MR) is 113 cm³/mol. The van der Waals surface area contributed by atoms with Crippen LogP contribution in [0.2, 0.25) is 10.0 Å². The predicted octanol–water partition coefficient (Wildman–Crippen LogP) is 5.45. The van der Waals surface area contributed by atoms with Crippen molar-refractivity contribution in [3.05, 3.63) is 39.6 Å². The molecule has 0 aliphatic heterocycles. The number of carbonyl (C=O) groups excluding carboxylic acids is 3. The molecule has 0 atom stereocenters. The zero-order valence-corrected chi connectivity index (χ0v) is 18.3. The lowest BCUT2D eigenvalue weighted by Crippen LogP contribution is -2.33. The van der Waals surface area contributed by atoms with E-state index in [1.807, 2.05) is 6.92 Å². The Labute approximate surface area is 180 Å². The molecular weight excluding hydrogens is 417 g/mol. The number of hydrogen-bond acceptors (Lipinski definition) is 5. The van der Waals surface area contributed by atoms with Crippen LogP contribution in [0, 0.1) is 5.92 Å². The Kier molecular flexibility index (Phi) is 8.53. The second-order valence-electron chi connectivity index (χ2n) is 6.57. The molecule has 1 saturated carbocycles. The number of anilines is 1. The van der Waals surface area contributed by atoms with E-state index in [-0.39, 0.29) is 51.7 Å². The molecule has 2 rings (SSSR count). The highest BCUT2D eigenvalue weighted by Gasteiger charge is 2.37. The minimum Gasteiger partial charge on any atom is -0.501 e. The van der Waals surface area contributed by atoms with Crippen LogP contribution in [0.3, 0.4) is 0 Å². The van der Waals surface area contributed by atoms with Gasteiger partial charge in [0.25, 0.3) is 0 Å². The fraction of sp³-hybridized carbons (Fsp3) is 0.476. The normalized spacial score (nSPS) is 13.8. The van der Waals surface area contributed by atoms with Crippen LogP contribution in [0.5, 0.6) is 0 Å². The third kappa shape index (κ3) is 5.52. The molecule has 1 fully saturated rings. The van der Waals surface area contributed by atoms with E-state index in [9.17, 15) is 14.4 Å². The molecule has 158 valence electrons. The first-order valence-electron chi connectivity index (χ1n) is 9.70. The molecule has 0 spiro atoms. The number of benzene rings is 1. The van der Waals surface area contributed by atoms with Gasteiger partial charge in [-0.05, 0) is 45.2 Å². The van der Waals surface area contributed by atoms with Crippen LogP contribution in [-0.4, -0.2) is 37.4 Å². The molecule has 1 aliphatic rings.